The third-order valence-corrected chi connectivity index (χ3v) is 3.97. The maximum Gasteiger partial charge on any atom is 0.170 e. The van der Waals surface area contributed by atoms with Crippen LogP contribution in [0.4, 0.5) is 0 Å². The zero-order valence-corrected chi connectivity index (χ0v) is 14.6. The maximum absolute atomic E-state index is 12.8. The van der Waals surface area contributed by atoms with E-state index < -0.39 is 0 Å². The number of hydrogen-bond donors (Lipinski definition) is 0. The number of benzene rings is 2. The van der Waals surface area contributed by atoms with Crippen LogP contribution in [0.25, 0.3) is 0 Å². The Kier molecular flexibility index (Phi) is 5.68. The average molecular weight is 330 g/mol. The first-order chi connectivity index (χ1) is 11.5. The van der Waals surface area contributed by atoms with Crippen molar-refractivity contribution in [1.82, 2.24) is 0 Å². The highest BCUT2D eigenvalue weighted by molar-refractivity contribution is 6.01. The van der Waals surface area contributed by atoms with Crippen LogP contribution < -0.4 is 18.9 Å². The van der Waals surface area contributed by atoms with Crippen molar-refractivity contribution < 1.29 is 23.7 Å². The number of Topliss-reactive ketones (excluding diaryl/α,β-unsaturated/α-hetero) is 1. The molecule has 0 aliphatic carbocycles. The minimum atomic E-state index is -0.331. The molecule has 0 amide bonds. The minimum absolute atomic E-state index is 0.0110. The van der Waals surface area contributed by atoms with Crippen LogP contribution in [-0.2, 0) is 0 Å². The van der Waals surface area contributed by atoms with Crippen molar-refractivity contribution >= 4 is 5.78 Å². The van der Waals surface area contributed by atoms with Gasteiger partial charge in [-0.25, -0.2) is 0 Å². The fourth-order valence-corrected chi connectivity index (χ4v) is 2.51. The molecule has 128 valence electrons. The van der Waals surface area contributed by atoms with E-state index in [1.54, 1.807) is 52.7 Å². The monoisotopic (exact) mass is 330 g/mol. The first-order valence-electron chi connectivity index (χ1n) is 7.53. The summed E-state index contributed by atoms with van der Waals surface area (Å²) < 4.78 is 21.0. The average Bonchev–Trinajstić information content (AvgIpc) is 2.65. The van der Waals surface area contributed by atoms with Gasteiger partial charge in [0, 0.05) is 11.5 Å². The molecule has 24 heavy (non-hydrogen) atoms. The molecule has 5 nitrogen and oxygen atoms in total. The van der Waals surface area contributed by atoms with Crippen molar-refractivity contribution in [3.63, 3.8) is 0 Å². The zero-order chi connectivity index (χ0) is 17.7. The number of ketones is 1. The van der Waals surface area contributed by atoms with Gasteiger partial charge >= 0.3 is 0 Å². The largest absolute Gasteiger partial charge is 0.493 e. The van der Waals surface area contributed by atoms with Crippen molar-refractivity contribution in [1.29, 1.82) is 0 Å². The molecule has 0 saturated heterocycles. The maximum atomic E-state index is 12.8. The Bertz CT molecular complexity index is 724. The normalized spacial score (nSPS) is 11.5. The smallest absolute Gasteiger partial charge is 0.170 e. The Labute approximate surface area is 142 Å². The first kappa shape index (κ1) is 17.7. The second-order valence-corrected chi connectivity index (χ2v) is 5.27. The van der Waals surface area contributed by atoms with Crippen LogP contribution in [-0.4, -0.2) is 34.2 Å². The van der Waals surface area contributed by atoms with Gasteiger partial charge in [-0.1, -0.05) is 13.0 Å². The lowest BCUT2D eigenvalue weighted by molar-refractivity contribution is 0.0965. The third kappa shape index (κ3) is 3.45. The van der Waals surface area contributed by atoms with Gasteiger partial charge in [0.2, 0.25) is 0 Å². The van der Waals surface area contributed by atoms with Gasteiger partial charge in [-0.2, -0.15) is 0 Å². The molecule has 1 atom stereocenters. The molecular formula is C19H22O5. The van der Waals surface area contributed by atoms with Gasteiger partial charge in [0.1, 0.15) is 0 Å². The quantitative estimate of drug-likeness (QED) is 0.725. The van der Waals surface area contributed by atoms with E-state index in [-0.39, 0.29) is 11.7 Å². The summed E-state index contributed by atoms with van der Waals surface area (Å²) in [6, 6.07) is 10.6. The van der Waals surface area contributed by atoms with Crippen LogP contribution in [0.5, 0.6) is 23.0 Å². The molecule has 0 bridgehead atoms. The Morgan fingerprint density at radius 3 is 1.79 bits per heavy atom. The molecule has 2 aromatic rings. The third-order valence-electron chi connectivity index (χ3n) is 3.97. The SMILES string of the molecule is COc1ccc(C(=O)C(C)c2ccc(OC)c(OC)c2)cc1OC. The summed E-state index contributed by atoms with van der Waals surface area (Å²) in [4.78, 5) is 12.8. The highest BCUT2D eigenvalue weighted by Gasteiger charge is 2.20. The second kappa shape index (κ2) is 7.73. The van der Waals surface area contributed by atoms with Gasteiger partial charge < -0.3 is 18.9 Å². The van der Waals surface area contributed by atoms with E-state index in [2.05, 4.69) is 0 Å². The van der Waals surface area contributed by atoms with Crippen LogP contribution in [0.15, 0.2) is 36.4 Å². The summed E-state index contributed by atoms with van der Waals surface area (Å²) in [5.41, 5.74) is 1.42. The lowest BCUT2D eigenvalue weighted by atomic mass is 9.92. The Morgan fingerprint density at radius 1 is 0.750 bits per heavy atom. The highest BCUT2D eigenvalue weighted by Crippen LogP contribution is 2.33. The molecule has 1 unspecified atom stereocenters. The lowest BCUT2D eigenvalue weighted by Gasteiger charge is -2.15. The van der Waals surface area contributed by atoms with E-state index in [1.165, 1.54) is 0 Å². The van der Waals surface area contributed by atoms with Gasteiger partial charge in [-0.3, -0.25) is 4.79 Å². The van der Waals surface area contributed by atoms with Crippen LogP contribution in [0.3, 0.4) is 0 Å². The summed E-state index contributed by atoms with van der Waals surface area (Å²) in [5, 5.41) is 0. The minimum Gasteiger partial charge on any atom is -0.493 e. The number of rotatable bonds is 7. The lowest BCUT2D eigenvalue weighted by Crippen LogP contribution is -2.10. The van der Waals surface area contributed by atoms with Crippen molar-refractivity contribution in [3.8, 4) is 23.0 Å². The van der Waals surface area contributed by atoms with Gasteiger partial charge in [0.25, 0.3) is 0 Å². The molecule has 0 saturated carbocycles. The topological polar surface area (TPSA) is 54.0 Å². The predicted molar refractivity (Wildman–Crippen MR) is 91.8 cm³/mol. The summed E-state index contributed by atoms with van der Waals surface area (Å²) >= 11 is 0. The van der Waals surface area contributed by atoms with E-state index in [4.69, 9.17) is 18.9 Å². The first-order valence-corrected chi connectivity index (χ1v) is 7.53. The van der Waals surface area contributed by atoms with Crippen molar-refractivity contribution in [2.45, 2.75) is 12.8 Å². The van der Waals surface area contributed by atoms with E-state index in [0.717, 1.165) is 5.56 Å². The van der Waals surface area contributed by atoms with Crippen molar-refractivity contribution in [2.75, 3.05) is 28.4 Å². The van der Waals surface area contributed by atoms with Gasteiger partial charge in [0.05, 0.1) is 28.4 Å². The molecule has 2 rings (SSSR count). The standard InChI is InChI=1S/C19H22O5/c1-12(13-6-8-15(21-2)17(10-13)23-4)19(20)14-7-9-16(22-3)18(11-14)24-5/h6-12H,1-5H3. The van der Waals surface area contributed by atoms with E-state index >= 15 is 0 Å². The molecule has 5 heteroatoms. The van der Waals surface area contributed by atoms with Crippen molar-refractivity contribution in [2.24, 2.45) is 0 Å². The number of carbonyl (C=O) groups is 1. The van der Waals surface area contributed by atoms with Crippen LogP contribution in [0.1, 0.15) is 28.8 Å². The molecule has 0 fully saturated rings. The van der Waals surface area contributed by atoms with Crippen LogP contribution in [0.2, 0.25) is 0 Å². The fourth-order valence-electron chi connectivity index (χ4n) is 2.51. The number of carbonyl (C=O) groups excluding carboxylic acids is 1. The summed E-state index contributed by atoms with van der Waals surface area (Å²) in [6.07, 6.45) is 0. The number of ether oxygens (including phenoxy) is 4. The van der Waals surface area contributed by atoms with Gasteiger partial charge in [-0.15, -0.1) is 0 Å². The second-order valence-electron chi connectivity index (χ2n) is 5.27. The van der Waals surface area contributed by atoms with E-state index in [9.17, 15) is 4.79 Å². The molecule has 0 spiro atoms. The molecule has 0 aliphatic heterocycles. The van der Waals surface area contributed by atoms with E-state index in [0.29, 0.717) is 28.6 Å². The highest BCUT2D eigenvalue weighted by atomic mass is 16.5. The van der Waals surface area contributed by atoms with Crippen LogP contribution in [0, 0.1) is 0 Å². The summed E-state index contributed by atoms with van der Waals surface area (Å²) in [6.45, 7) is 1.86. The fraction of sp³-hybridized carbons (Fsp3) is 0.316. The molecule has 0 N–H and O–H groups in total. The molecule has 2 aromatic carbocycles. The van der Waals surface area contributed by atoms with Crippen LogP contribution >= 0.6 is 0 Å². The molecular weight excluding hydrogens is 308 g/mol. The predicted octanol–water partition coefficient (Wildman–Crippen LogP) is 3.71. The van der Waals surface area contributed by atoms with Crippen molar-refractivity contribution in [3.05, 3.63) is 47.5 Å². The summed E-state index contributed by atoms with van der Waals surface area (Å²) in [5.74, 6) is 2.01. The molecule has 0 aliphatic rings. The Hall–Kier alpha value is -2.69. The number of methoxy groups -OCH3 is 4. The Balaban J connectivity index is 2.32. The molecule has 0 radical (unpaired) electrons. The van der Waals surface area contributed by atoms with E-state index in [1.807, 2.05) is 19.1 Å². The summed E-state index contributed by atoms with van der Waals surface area (Å²) in [7, 11) is 6.26. The molecule has 0 heterocycles. The molecule has 0 aromatic heterocycles. The van der Waals surface area contributed by atoms with Gasteiger partial charge in [0.15, 0.2) is 28.8 Å². The van der Waals surface area contributed by atoms with Gasteiger partial charge in [-0.05, 0) is 35.9 Å². The number of hydrogen-bond acceptors (Lipinski definition) is 5. The zero-order valence-electron chi connectivity index (χ0n) is 14.6. The Morgan fingerprint density at radius 2 is 1.25 bits per heavy atom.